The number of nitrogens with one attached hydrogen (secondary N) is 1. The van der Waals surface area contributed by atoms with Crippen LogP contribution in [0.25, 0.3) is 10.8 Å². The molecule has 4 aromatic rings. The van der Waals surface area contributed by atoms with Crippen LogP contribution in [0.2, 0.25) is 0 Å². The Morgan fingerprint density at radius 2 is 1.23 bits per heavy atom. The molecule has 0 saturated carbocycles. The number of benzene rings is 4. The molecule has 6 nitrogen and oxygen atoms in total. The Hall–Kier alpha value is -4.32. The van der Waals surface area contributed by atoms with Crippen molar-refractivity contribution in [1.29, 1.82) is 0 Å². The number of phenolic OH excluding ortho intramolecular Hbond substituents is 2. The van der Waals surface area contributed by atoms with Crippen molar-refractivity contribution in [1.82, 2.24) is 0 Å². The van der Waals surface area contributed by atoms with E-state index in [4.69, 9.17) is 4.74 Å². The van der Waals surface area contributed by atoms with Crippen molar-refractivity contribution < 1.29 is 24.5 Å². The van der Waals surface area contributed by atoms with Crippen LogP contribution in [0.5, 0.6) is 17.2 Å². The molecule has 6 heteroatoms. The summed E-state index contributed by atoms with van der Waals surface area (Å²) in [6.45, 7) is 0. The molecule has 0 aliphatic carbocycles. The lowest BCUT2D eigenvalue weighted by molar-refractivity contribution is 0.0737. The highest BCUT2D eigenvalue weighted by Gasteiger charge is 2.14. The number of esters is 1. The van der Waals surface area contributed by atoms with Gasteiger partial charge in [0.15, 0.2) is 0 Å². The fourth-order valence-corrected chi connectivity index (χ4v) is 3.04. The molecular weight excluding hydrogens is 382 g/mol. The van der Waals surface area contributed by atoms with Gasteiger partial charge in [0.2, 0.25) is 0 Å². The Balaban J connectivity index is 1.62. The third-order valence-corrected chi connectivity index (χ3v) is 4.57. The van der Waals surface area contributed by atoms with Crippen LogP contribution in [0.15, 0.2) is 84.9 Å². The monoisotopic (exact) mass is 399 g/mol. The van der Waals surface area contributed by atoms with Gasteiger partial charge in [-0.1, -0.05) is 24.3 Å². The third-order valence-electron chi connectivity index (χ3n) is 4.57. The maximum atomic E-state index is 12.5. The summed E-state index contributed by atoms with van der Waals surface area (Å²) >= 11 is 0. The molecule has 0 aliphatic heterocycles. The number of aromatic hydroxyl groups is 2. The minimum absolute atomic E-state index is 0.0609. The third kappa shape index (κ3) is 3.93. The molecule has 0 atom stereocenters. The van der Waals surface area contributed by atoms with E-state index in [1.807, 2.05) is 6.07 Å². The summed E-state index contributed by atoms with van der Waals surface area (Å²) in [7, 11) is 0. The molecule has 0 radical (unpaired) electrons. The van der Waals surface area contributed by atoms with Crippen LogP contribution in [0.4, 0.5) is 5.69 Å². The van der Waals surface area contributed by atoms with E-state index >= 15 is 0 Å². The predicted molar refractivity (Wildman–Crippen MR) is 113 cm³/mol. The van der Waals surface area contributed by atoms with Crippen LogP contribution in [0, 0.1) is 0 Å². The molecule has 148 valence electrons. The number of fused-ring (bicyclic) bond motifs is 1. The number of hydrogen-bond donors (Lipinski definition) is 3. The van der Waals surface area contributed by atoms with Crippen LogP contribution in [0.3, 0.4) is 0 Å². The summed E-state index contributed by atoms with van der Waals surface area (Å²) in [6, 6.07) is 22.3. The lowest BCUT2D eigenvalue weighted by Crippen LogP contribution is -2.12. The van der Waals surface area contributed by atoms with Crippen LogP contribution in [-0.2, 0) is 0 Å². The molecule has 0 aliphatic rings. The number of anilines is 1. The van der Waals surface area contributed by atoms with Crippen molar-refractivity contribution in [2.45, 2.75) is 0 Å². The Bertz CT molecular complexity index is 1130. The fraction of sp³-hybridized carbons (Fsp3) is 0. The largest absolute Gasteiger partial charge is 0.508 e. The number of amides is 1. The molecule has 1 amide bonds. The van der Waals surface area contributed by atoms with Crippen molar-refractivity contribution in [2.75, 3.05) is 5.32 Å². The van der Waals surface area contributed by atoms with Crippen LogP contribution in [0.1, 0.15) is 20.7 Å². The van der Waals surface area contributed by atoms with E-state index < -0.39 is 5.97 Å². The van der Waals surface area contributed by atoms with Gasteiger partial charge in [0, 0.05) is 22.0 Å². The summed E-state index contributed by atoms with van der Waals surface area (Å²) in [5.74, 6) is -0.385. The number of phenols is 2. The zero-order valence-corrected chi connectivity index (χ0v) is 15.7. The van der Waals surface area contributed by atoms with Gasteiger partial charge >= 0.3 is 5.97 Å². The standard InChI is InChI=1S/C24H17NO5/c26-17-11-7-15(8-12-17)23(28)25-21-5-1-4-20-19(21)3-2-6-22(20)30-24(29)16-9-13-18(27)14-10-16/h1-14,26-27H,(H,25,28). The second kappa shape index (κ2) is 7.97. The van der Waals surface area contributed by atoms with Crippen molar-refractivity contribution in [2.24, 2.45) is 0 Å². The molecule has 0 fully saturated rings. The Morgan fingerprint density at radius 3 is 1.90 bits per heavy atom. The van der Waals surface area contributed by atoms with Gasteiger partial charge in [-0.3, -0.25) is 4.79 Å². The molecule has 0 spiro atoms. The van der Waals surface area contributed by atoms with Gasteiger partial charge in [0.1, 0.15) is 17.2 Å². The number of carbonyl (C=O) groups excluding carboxylic acids is 2. The molecule has 30 heavy (non-hydrogen) atoms. The first-order valence-corrected chi connectivity index (χ1v) is 9.14. The molecule has 0 bridgehead atoms. The molecule has 0 heterocycles. The highest BCUT2D eigenvalue weighted by Crippen LogP contribution is 2.31. The maximum Gasteiger partial charge on any atom is 0.343 e. The zero-order valence-electron chi connectivity index (χ0n) is 15.7. The lowest BCUT2D eigenvalue weighted by atomic mass is 10.1. The average Bonchev–Trinajstić information content (AvgIpc) is 2.75. The summed E-state index contributed by atoms with van der Waals surface area (Å²) in [5.41, 5.74) is 1.27. The van der Waals surface area contributed by atoms with Gasteiger partial charge in [-0.25, -0.2) is 4.79 Å². The number of carbonyl (C=O) groups is 2. The van der Waals surface area contributed by atoms with E-state index in [0.29, 0.717) is 33.3 Å². The minimum atomic E-state index is -0.555. The van der Waals surface area contributed by atoms with E-state index in [1.54, 1.807) is 30.3 Å². The van der Waals surface area contributed by atoms with E-state index in [0.717, 1.165) is 0 Å². The number of rotatable bonds is 4. The second-order valence-electron chi connectivity index (χ2n) is 6.59. The molecule has 0 saturated heterocycles. The molecule has 0 aromatic heterocycles. The summed E-state index contributed by atoms with van der Waals surface area (Å²) < 4.78 is 5.55. The van der Waals surface area contributed by atoms with E-state index in [1.165, 1.54) is 48.5 Å². The van der Waals surface area contributed by atoms with Crippen LogP contribution >= 0.6 is 0 Å². The minimum Gasteiger partial charge on any atom is -0.508 e. The fourth-order valence-electron chi connectivity index (χ4n) is 3.04. The highest BCUT2D eigenvalue weighted by molar-refractivity contribution is 6.10. The maximum absolute atomic E-state index is 12.5. The van der Waals surface area contributed by atoms with Gasteiger partial charge in [0.25, 0.3) is 5.91 Å². The first kappa shape index (κ1) is 19.0. The van der Waals surface area contributed by atoms with Gasteiger partial charge in [-0.05, 0) is 60.7 Å². The van der Waals surface area contributed by atoms with E-state index in [9.17, 15) is 19.8 Å². The predicted octanol–water partition coefficient (Wildman–Crippen LogP) is 4.72. The zero-order chi connectivity index (χ0) is 21.1. The summed E-state index contributed by atoms with van der Waals surface area (Å²) in [6.07, 6.45) is 0. The first-order valence-electron chi connectivity index (χ1n) is 9.14. The van der Waals surface area contributed by atoms with Crippen LogP contribution < -0.4 is 10.1 Å². The Labute approximate surface area is 172 Å². The second-order valence-corrected chi connectivity index (χ2v) is 6.59. The molecule has 3 N–H and O–H groups in total. The lowest BCUT2D eigenvalue weighted by Gasteiger charge is -2.12. The first-order chi connectivity index (χ1) is 14.5. The van der Waals surface area contributed by atoms with Gasteiger partial charge in [-0.2, -0.15) is 0 Å². The number of ether oxygens (including phenoxy) is 1. The number of hydrogen-bond acceptors (Lipinski definition) is 5. The smallest absolute Gasteiger partial charge is 0.343 e. The molecule has 4 aromatic carbocycles. The van der Waals surface area contributed by atoms with Gasteiger partial charge in [-0.15, -0.1) is 0 Å². The molecule has 4 rings (SSSR count). The van der Waals surface area contributed by atoms with Crippen molar-refractivity contribution in [3.05, 3.63) is 96.1 Å². The van der Waals surface area contributed by atoms with Gasteiger partial charge in [0.05, 0.1) is 5.56 Å². The van der Waals surface area contributed by atoms with E-state index in [2.05, 4.69) is 5.32 Å². The Morgan fingerprint density at radius 1 is 0.667 bits per heavy atom. The van der Waals surface area contributed by atoms with E-state index in [-0.39, 0.29) is 17.4 Å². The highest BCUT2D eigenvalue weighted by atomic mass is 16.5. The van der Waals surface area contributed by atoms with Crippen molar-refractivity contribution in [3.8, 4) is 17.2 Å². The van der Waals surface area contributed by atoms with Crippen LogP contribution in [-0.4, -0.2) is 22.1 Å². The average molecular weight is 399 g/mol. The van der Waals surface area contributed by atoms with Gasteiger partial charge < -0.3 is 20.3 Å². The SMILES string of the molecule is O=C(Nc1cccc2c(OC(=O)c3ccc(O)cc3)cccc12)c1ccc(O)cc1. The van der Waals surface area contributed by atoms with Crippen molar-refractivity contribution in [3.63, 3.8) is 0 Å². The molecule has 0 unspecified atom stereocenters. The van der Waals surface area contributed by atoms with Crippen molar-refractivity contribution >= 4 is 28.3 Å². The topological polar surface area (TPSA) is 95.9 Å². The quantitative estimate of drug-likeness (QED) is 0.341. The Kier molecular flexibility index (Phi) is 5.05. The summed E-state index contributed by atoms with van der Waals surface area (Å²) in [5, 5.41) is 23.0. The molecular formula is C24H17NO5. The normalized spacial score (nSPS) is 10.5. The summed E-state index contributed by atoms with van der Waals surface area (Å²) in [4.78, 5) is 25.0.